The molecule has 8 nitrogen and oxygen atoms in total. The van der Waals surface area contributed by atoms with Crippen LogP contribution in [0, 0.1) is 6.92 Å². The lowest BCUT2D eigenvalue weighted by Crippen LogP contribution is -2.41. The summed E-state index contributed by atoms with van der Waals surface area (Å²) in [7, 11) is -4.09. The highest BCUT2D eigenvalue weighted by Crippen LogP contribution is 2.16. The maximum atomic E-state index is 11.9. The van der Waals surface area contributed by atoms with Crippen molar-refractivity contribution in [3.8, 4) is 0 Å². The van der Waals surface area contributed by atoms with E-state index in [9.17, 15) is 18.0 Å². The second-order valence-electron chi connectivity index (χ2n) is 3.45. The predicted octanol–water partition coefficient (Wildman–Crippen LogP) is -1.14. The summed E-state index contributed by atoms with van der Waals surface area (Å²) >= 11 is 0.476. The molecule has 0 aliphatic rings. The molecule has 1 unspecified atom stereocenters. The third-order valence-electron chi connectivity index (χ3n) is 2.04. The Kier molecular flexibility index (Phi) is 4.62. The lowest BCUT2D eigenvalue weighted by molar-refractivity contribution is -0.139. The molecule has 1 aromatic rings. The Morgan fingerprint density at radius 3 is 2.56 bits per heavy atom. The molecule has 18 heavy (non-hydrogen) atoms. The van der Waals surface area contributed by atoms with Gasteiger partial charge in [0.1, 0.15) is 6.04 Å². The van der Waals surface area contributed by atoms with Gasteiger partial charge in [0, 0.05) is 12.3 Å². The highest BCUT2D eigenvalue weighted by atomic mass is 32.2. The topological polar surface area (TPSA) is 137 Å². The smallest absolute Gasteiger partial charge is 0.321 e. The summed E-state index contributed by atoms with van der Waals surface area (Å²) in [6.07, 6.45) is -0.257. The van der Waals surface area contributed by atoms with Crippen LogP contribution >= 0.6 is 11.3 Å². The molecule has 0 spiro atoms. The van der Waals surface area contributed by atoms with E-state index >= 15 is 0 Å². The van der Waals surface area contributed by atoms with Crippen LogP contribution in [0.4, 0.5) is 0 Å². The van der Waals surface area contributed by atoms with Gasteiger partial charge in [-0.3, -0.25) is 9.59 Å². The number of rotatable bonds is 6. The van der Waals surface area contributed by atoms with Crippen LogP contribution in [0.5, 0.6) is 0 Å². The summed E-state index contributed by atoms with van der Waals surface area (Å²) in [5, 5.41) is 17.4. The van der Waals surface area contributed by atoms with E-state index in [1.807, 2.05) is 4.72 Å². The number of aliphatic hydroxyl groups excluding tert-OH is 1. The van der Waals surface area contributed by atoms with Gasteiger partial charge >= 0.3 is 10.8 Å². The van der Waals surface area contributed by atoms with Crippen molar-refractivity contribution in [2.24, 2.45) is 0 Å². The first-order valence-corrected chi connectivity index (χ1v) is 7.13. The van der Waals surface area contributed by atoms with Crippen LogP contribution in [-0.4, -0.2) is 42.2 Å². The molecule has 0 saturated carbocycles. The van der Waals surface area contributed by atoms with Crippen molar-refractivity contribution in [3.05, 3.63) is 15.4 Å². The van der Waals surface area contributed by atoms with E-state index < -0.39 is 33.5 Å². The van der Waals surface area contributed by atoms with Crippen molar-refractivity contribution in [1.82, 2.24) is 9.71 Å². The van der Waals surface area contributed by atoms with E-state index in [2.05, 4.69) is 4.98 Å². The van der Waals surface area contributed by atoms with Crippen LogP contribution in [0.15, 0.2) is 9.00 Å². The lowest BCUT2D eigenvalue weighted by atomic mass is 10.2. The van der Waals surface area contributed by atoms with Gasteiger partial charge in [-0.25, -0.2) is 8.42 Å². The molecule has 0 saturated heterocycles. The molecule has 1 aromatic heterocycles. The molecule has 102 valence electrons. The maximum Gasteiger partial charge on any atom is 0.321 e. The van der Waals surface area contributed by atoms with E-state index in [1.54, 1.807) is 0 Å². The second-order valence-corrected chi connectivity index (χ2v) is 6.34. The average Bonchev–Trinajstić information content (AvgIpc) is 2.57. The molecule has 0 aliphatic heterocycles. The fourth-order valence-electron chi connectivity index (χ4n) is 1.25. The normalized spacial score (nSPS) is 13.4. The summed E-state index contributed by atoms with van der Waals surface area (Å²) in [4.78, 5) is 23.6. The SMILES string of the molecule is Cc1[nH]c(=O)sc1S(=O)(=O)NC(CCO)C(=O)O. The number of aromatic amines is 1. The highest BCUT2D eigenvalue weighted by molar-refractivity contribution is 7.91. The second kappa shape index (κ2) is 5.61. The number of thiazole rings is 1. The molecule has 0 bridgehead atoms. The van der Waals surface area contributed by atoms with Crippen molar-refractivity contribution in [3.63, 3.8) is 0 Å². The Hall–Kier alpha value is -1.23. The number of carbonyl (C=O) groups is 1. The minimum atomic E-state index is -4.09. The monoisotopic (exact) mass is 296 g/mol. The molecule has 4 N–H and O–H groups in total. The molecule has 0 aliphatic carbocycles. The Labute approximate surface area is 106 Å². The number of hydrogen-bond acceptors (Lipinski definition) is 6. The van der Waals surface area contributed by atoms with Crippen LogP contribution in [0.2, 0.25) is 0 Å². The fraction of sp³-hybridized carbons (Fsp3) is 0.500. The molecule has 0 amide bonds. The van der Waals surface area contributed by atoms with Gasteiger partial charge in [0.05, 0.1) is 0 Å². The van der Waals surface area contributed by atoms with Gasteiger partial charge in [0.2, 0.25) is 0 Å². The van der Waals surface area contributed by atoms with E-state index in [-0.39, 0.29) is 16.3 Å². The number of nitrogens with one attached hydrogen (secondary N) is 2. The Balaban J connectivity index is 3.04. The first kappa shape index (κ1) is 14.8. The number of hydrogen-bond donors (Lipinski definition) is 4. The van der Waals surface area contributed by atoms with Gasteiger partial charge in [0.25, 0.3) is 10.0 Å². The average molecular weight is 296 g/mol. The number of aryl methyl sites for hydroxylation is 1. The van der Waals surface area contributed by atoms with Crippen molar-refractivity contribution in [2.45, 2.75) is 23.6 Å². The molecule has 0 radical (unpaired) electrons. The lowest BCUT2D eigenvalue weighted by Gasteiger charge is -2.12. The van der Waals surface area contributed by atoms with E-state index in [0.29, 0.717) is 11.3 Å². The maximum absolute atomic E-state index is 11.9. The van der Waals surface area contributed by atoms with E-state index in [1.165, 1.54) is 6.92 Å². The van der Waals surface area contributed by atoms with Crippen molar-refractivity contribution < 1.29 is 23.4 Å². The molecule has 0 fully saturated rings. The highest BCUT2D eigenvalue weighted by Gasteiger charge is 2.27. The summed E-state index contributed by atoms with van der Waals surface area (Å²) < 4.78 is 25.4. The predicted molar refractivity (Wildman–Crippen MR) is 63.1 cm³/mol. The van der Waals surface area contributed by atoms with Crippen LogP contribution < -0.4 is 9.60 Å². The van der Waals surface area contributed by atoms with Gasteiger partial charge in [-0.1, -0.05) is 11.3 Å². The van der Waals surface area contributed by atoms with Crippen molar-refractivity contribution in [1.29, 1.82) is 0 Å². The molecule has 1 heterocycles. The molecule has 0 aromatic carbocycles. The van der Waals surface area contributed by atoms with Crippen LogP contribution in [0.25, 0.3) is 0 Å². The quantitative estimate of drug-likeness (QED) is 0.523. The molecular formula is C8H12N2O6S2. The van der Waals surface area contributed by atoms with Crippen LogP contribution in [0.1, 0.15) is 12.1 Å². The Morgan fingerprint density at radius 2 is 2.17 bits per heavy atom. The molecule has 1 atom stereocenters. The zero-order valence-electron chi connectivity index (χ0n) is 9.34. The van der Waals surface area contributed by atoms with Crippen LogP contribution in [0.3, 0.4) is 0 Å². The molecular weight excluding hydrogens is 284 g/mol. The summed E-state index contributed by atoms with van der Waals surface area (Å²) in [6.45, 7) is 0.927. The van der Waals surface area contributed by atoms with E-state index in [4.69, 9.17) is 10.2 Å². The zero-order chi connectivity index (χ0) is 13.9. The number of H-pyrrole nitrogens is 1. The number of carboxylic acids is 1. The van der Waals surface area contributed by atoms with E-state index in [0.717, 1.165) is 0 Å². The number of aliphatic hydroxyl groups is 1. The number of sulfonamides is 1. The third-order valence-corrected chi connectivity index (χ3v) is 5.11. The molecule has 1 rings (SSSR count). The largest absolute Gasteiger partial charge is 0.480 e. The van der Waals surface area contributed by atoms with Crippen molar-refractivity contribution in [2.75, 3.05) is 6.61 Å². The molecule has 10 heteroatoms. The van der Waals surface area contributed by atoms with Crippen LogP contribution in [-0.2, 0) is 14.8 Å². The zero-order valence-corrected chi connectivity index (χ0v) is 11.0. The van der Waals surface area contributed by atoms with Gasteiger partial charge in [-0.15, -0.1) is 0 Å². The number of aromatic nitrogens is 1. The van der Waals surface area contributed by atoms with Gasteiger partial charge < -0.3 is 15.2 Å². The Morgan fingerprint density at radius 1 is 1.56 bits per heavy atom. The standard InChI is InChI=1S/C8H12N2O6S2/c1-4-7(17-8(14)9-4)18(15,16)10-5(2-3-11)6(12)13/h5,10-11H,2-3H2,1H3,(H,9,14)(H,12,13). The number of aliphatic carboxylic acids is 1. The van der Waals surface area contributed by atoms with Crippen molar-refractivity contribution >= 4 is 27.3 Å². The fourth-order valence-corrected chi connectivity index (χ4v) is 3.79. The first-order chi connectivity index (χ1) is 8.27. The summed E-state index contributed by atoms with van der Waals surface area (Å²) in [5.74, 6) is -1.40. The third kappa shape index (κ3) is 3.38. The van der Waals surface area contributed by atoms with Gasteiger partial charge in [0.15, 0.2) is 4.21 Å². The van der Waals surface area contributed by atoms with Gasteiger partial charge in [-0.2, -0.15) is 4.72 Å². The van der Waals surface area contributed by atoms with Gasteiger partial charge in [-0.05, 0) is 13.3 Å². The Bertz CT molecular complexity index is 587. The summed E-state index contributed by atoms with van der Waals surface area (Å²) in [5.41, 5.74) is 0.144. The first-order valence-electron chi connectivity index (χ1n) is 4.83. The number of carboxylic acid groups (broad SMARTS) is 1. The minimum Gasteiger partial charge on any atom is -0.480 e. The minimum absolute atomic E-state index is 0.144. The summed E-state index contributed by atoms with van der Waals surface area (Å²) in [6, 6.07) is -1.43.